The maximum absolute atomic E-state index is 6.39. The number of nitrogens with one attached hydrogen (secondary N) is 1. The van der Waals surface area contributed by atoms with Gasteiger partial charge in [0.15, 0.2) is 0 Å². The molecule has 4 nitrogen and oxygen atoms in total. The van der Waals surface area contributed by atoms with Gasteiger partial charge in [-0.2, -0.15) is 0 Å². The Balaban J connectivity index is 1.61. The van der Waals surface area contributed by atoms with E-state index in [0.29, 0.717) is 18.8 Å². The summed E-state index contributed by atoms with van der Waals surface area (Å²) in [6, 6.07) is 6.50. The van der Waals surface area contributed by atoms with E-state index in [4.69, 9.17) is 21.3 Å². The summed E-state index contributed by atoms with van der Waals surface area (Å²) in [6.45, 7) is 2.69. The molecule has 1 aromatic carbocycles. The molecule has 21 heavy (non-hydrogen) atoms. The maximum atomic E-state index is 6.39. The van der Waals surface area contributed by atoms with Crippen LogP contribution in [0, 0.1) is 0 Å². The highest BCUT2D eigenvalue weighted by atomic mass is 35.5. The van der Waals surface area contributed by atoms with Gasteiger partial charge < -0.3 is 14.6 Å². The number of hydrogen-bond donors (Lipinski definition) is 1. The smallest absolute Gasteiger partial charge is 0.136 e. The molecule has 1 saturated heterocycles. The summed E-state index contributed by atoms with van der Waals surface area (Å²) < 4.78 is 8.39. The highest BCUT2D eigenvalue weighted by Gasteiger charge is 2.29. The van der Waals surface area contributed by atoms with Crippen LogP contribution in [0.25, 0.3) is 11.0 Å². The molecule has 0 unspecified atom stereocenters. The van der Waals surface area contributed by atoms with E-state index < -0.39 is 0 Å². The lowest BCUT2D eigenvalue weighted by molar-refractivity contribution is 0.0166. The number of nitrogens with zero attached hydrogens (tertiary/aromatic N) is 2. The van der Waals surface area contributed by atoms with Crippen LogP contribution in [0.5, 0.6) is 0 Å². The van der Waals surface area contributed by atoms with Crippen LogP contribution in [0.4, 0.5) is 0 Å². The van der Waals surface area contributed by atoms with Crippen molar-refractivity contribution in [2.45, 2.75) is 44.4 Å². The molecule has 0 spiro atoms. The molecule has 4 rings (SSSR count). The minimum absolute atomic E-state index is 0.356. The van der Waals surface area contributed by atoms with Crippen LogP contribution in [0.3, 0.4) is 0 Å². The van der Waals surface area contributed by atoms with Gasteiger partial charge in [0.2, 0.25) is 0 Å². The van der Waals surface area contributed by atoms with Crippen LogP contribution in [-0.2, 0) is 11.3 Å². The number of benzene rings is 1. The molecule has 0 bridgehead atoms. The first-order valence-electron chi connectivity index (χ1n) is 7.80. The third kappa shape index (κ3) is 2.68. The Morgan fingerprint density at radius 3 is 2.81 bits per heavy atom. The highest BCUT2D eigenvalue weighted by molar-refractivity contribution is 6.35. The Hall–Kier alpha value is -1.10. The number of fused-ring (bicyclic) bond motifs is 1. The lowest BCUT2D eigenvalue weighted by Gasteiger charge is -2.23. The molecule has 0 radical (unpaired) electrons. The number of para-hydroxylation sites is 1. The molecule has 0 amide bonds. The summed E-state index contributed by atoms with van der Waals surface area (Å²) >= 11 is 6.39. The van der Waals surface area contributed by atoms with Crippen LogP contribution in [0.1, 0.15) is 37.5 Å². The zero-order valence-corrected chi connectivity index (χ0v) is 12.8. The van der Waals surface area contributed by atoms with Crippen molar-refractivity contribution in [3.05, 3.63) is 29.0 Å². The third-order valence-electron chi connectivity index (χ3n) is 4.38. The van der Waals surface area contributed by atoms with Crippen LogP contribution in [0.2, 0.25) is 5.02 Å². The summed E-state index contributed by atoms with van der Waals surface area (Å²) in [6.07, 6.45) is 4.97. The van der Waals surface area contributed by atoms with E-state index in [0.717, 1.165) is 47.8 Å². The molecule has 1 aromatic heterocycles. The lowest BCUT2D eigenvalue weighted by Crippen LogP contribution is -2.32. The van der Waals surface area contributed by atoms with Crippen molar-refractivity contribution in [2.24, 2.45) is 0 Å². The zero-order valence-electron chi connectivity index (χ0n) is 12.0. The quantitative estimate of drug-likeness (QED) is 0.942. The van der Waals surface area contributed by atoms with Crippen molar-refractivity contribution in [1.29, 1.82) is 0 Å². The number of imidazole rings is 1. The molecule has 1 saturated carbocycles. The van der Waals surface area contributed by atoms with Gasteiger partial charge in [-0.25, -0.2) is 4.98 Å². The molecule has 5 heteroatoms. The van der Waals surface area contributed by atoms with E-state index in [9.17, 15) is 0 Å². The monoisotopic (exact) mass is 305 g/mol. The SMILES string of the molecule is Clc1cccc2nc(COC3CCNCC3)n(C3CC3)c12. The second kappa shape index (κ2) is 5.59. The molecule has 1 N–H and O–H groups in total. The predicted octanol–water partition coefficient (Wildman–Crippen LogP) is 3.29. The number of piperidine rings is 1. The summed E-state index contributed by atoms with van der Waals surface area (Å²) in [5.74, 6) is 1.03. The standard InChI is InChI=1S/C16H20ClN3O/c17-13-2-1-3-14-16(13)20(11-4-5-11)15(19-14)10-21-12-6-8-18-9-7-12/h1-3,11-12,18H,4-10H2. The highest BCUT2D eigenvalue weighted by Crippen LogP contribution is 2.40. The first-order valence-corrected chi connectivity index (χ1v) is 8.18. The van der Waals surface area contributed by atoms with Crippen molar-refractivity contribution in [3.63, 3.8) is 0 Å². The number of ether oxygens (including phenoxy) is 1. The molecule has 2 fully saturated rings. The average molecular weight is 306 g/mol. The predicted molar refractivity (Wildman–Crippen MR) is 83.7 cm³/mol. The van der Waals surface area contributed by atoms with Crippen molar-refractivity contribution in [3.8, 4) is 0 Å². The molecule has 112 valence electrons. The first kappa shape index (κ1) is 13.6. The van der Waals surface area contributed by atoms with Gasteiger partial charge in [-0.05, 0) is 50.9 Å². The Kier molecular flexibility index (Phi) is 3.61. The number of halogens is 1. The van der Waals surface area contributed by atoms with Gasteiger partial charge in [0.05, 0.1) is 22.2 Å². The maximum Gasteiger partial charge on any atom is 0.136 e. The van der Waals surface area contributed by atoms with Gasteiger partial charge >= 0.3 is 0 Å². The van der Waals surface area contributed by atoms with Crippen molar-refractivity contribution >= 4 is 22.6 Å². The van der Waals surface area contributed by atoms with Crippen LogP contribution >= 0.6 is 11.6 Å². The number of rotatable bonds is 4. The number of aromatic nitrogens is 2. The largest absolute Gasteiger partial charge is 0.370 e. The summed E-state index contributed by atoms with van der Waals surface area (Å²) in [5.41, 5.74) is 2.06. The van der Waals surface area contributed by atoms with E-state index in [2.05, 4.69) is 9.88 Å². The lowest BCUT2D eigenvalue weighted by atomic mass is 10.1. The average Bonchev–Trinajstić information content (AvgIpc) is 3.27. The molecule has 0 atom stereocenters. The van der Waals surface area contributed by atoms with Gasteiger partial charge in [-0.15, -0.1) is 0 Å². The second-order valence-electron chi connectivity index (χ2n) is 6.00. The van der Waals surface area contributed by atoms with E-state index in [1.165, 1.54) is 12.8 Å². The van der Waals surface area contributed by atoms with Crippen molar-refractivity contribution < 1.29 is 4.74 Å². The fourth-order valence-electron chi connectivity index (χ4n) is 3.14. The minimum atomic E-state index is 0.356. The molecule has 2 aromatic rings. The molecular weight excluding hydrogens is 286 g/mol. The number of hydrogen-bond acceptors (Lipinski definition) is 3. The normalized spacial score (nSPS) is 20.2. The van der Waals surface area contributed by atoms with Crippen LogP contribution in [-0.4, -0.2) is 28.7 Å². The zero-order chi connectivity index (χ0) is 14.2. The molecule has 2 heterocycles. The van der Waals surface area contributed by atoms with E-state index in [-0.39, 0.29) is 0 Å². The van der Waals surface area contributed by atoms with Crippen LogP contribution < -0.4 is 5.32 Å². The Morgan fingerprint density at radius 1 is 1.24 bits per heavy atom. The van der Waals surface area contributed by atoms with Gasteiger partial charge in [-0.1, -0.05) is 17.7 Å². The Bertz CT molecular complexity index is 644. The van der Waals surface area contributed by atoms with E-state index >= 15 is 0 Å². The van der Waals surface area contributed by atoms with Crippen molar-refractivity contribution in [1.82, 2.24) is 14.9 Å². The van der Waals surface area contributed by atoms with Gasteiger partial charge in [0, 0.05) is 6.04 Å². The first-order chi connectivity index (χ1) is 10.3. The molecule has 1 aliphatic heterocycles. The fourth-order valence-corrected chi connectivity index (χ4v) is 3.40. The fraction of sp³-hybridized carbons (Fsp3) is 0.562. The van der Waals surface area contributed by atoms with E-state index in [1.54, 1.807) is 0 Å². The van der Waals surface area contributed by atoms with Gasteiger partial charge in [0.1, 0.15) is 12.4 Å². The Labute approximate surface area is 129 Å². The van der Waals surface area contributed by atoms with Gasteiger partial charge in [-0.3, -0.25) is 0 Å². The van der Waals surface area contributed by atoms with Crippen molar-refractivity contribution in [2.75, 3.05) is 13.1 Å². The summed E-state index contributed by atoms with van der Waals surface area (Å²) in [7, 11) is 0. The Morgan fingerprint density at radius 2 is 2.05 bits per heavy atom. The topological polar surface area (TPSA) is 39.1 Å². The van der Waals surface area contributed by atoms with Crippen LogP contribution in [0.15, 0.2) is 18.2 Å². The molecule has 1 aliphatic carbocycles. The van der Waals surface area contributed by atoms with E-state index in [1.807, 2.05) is 18.2 Å². The van der Waals surface area contributed by atoms with Gasteiger partial charge in [0.25, 0.3) is 0 Å². The third-order valence-corrected chi connectivity index (χ3v) is 4.69. The minimum Gasteiger partial charge on any atom is -0.370 e. The summed E-state index contributed by atoms with van der Waals surface area (Å²) in [5, 5.41) is 4.15. The summed E-state index contributed by atoms with van der Waals surface area (Å²) in [4.78, 5) is 4.76. The molecular formula is C16H20ClN3O. The molecule has 2 aliphatic rings. The second-order valence-corrected chi connectivity index (χ2v) is 6.40.